The third-order valence-electron chi connectivity index (χ3n) is 3.60. The van der Waals surface area contributed by atoms with E-state index in [1.54, 1.807) is 18.2 Å². The molecule has 0 bridgehead atoms. The molecule has 2 aromatic carbocycles. The Morgan fingerprint density at radius 3 is 2.48 bits per heavy atom. The smallest absolute Gasteiger partial charge is 0.142 e. The quantitative estimate of drug-likeness (QED) is 0.895. The van der Waals surface area contributed by atoms with E-state index in [2.05, 4.69) is 5.32 Å². The summed E-state index contributed by atoms with van der Waals surface area (Å²) in [6.45, 7) is 1.67. The van der Waals surface area contributed by atoms with Gasteiger partial charge in [-0.15, -0.1) is 0 Å². The van der Waals surface area contributed by atoms with Gasteiger partial charge in [-0.05, 0) is 29.8 Å². The summed E-state index contributed by atoms with van der Waals surface area (Å²) in [6.07, 6.45) is -0.252. The lowest BCUT2D eigenvalue weighted by Gasteiger charge is -2.35. The zero-order chi connectivity index (χ0) is 14.8. The molecule has 3 rings (SSSR count). The molecule has 1 heterocycles. The van der Waals surface area contributed by atoms with Crippen LogP contribution in [0.3, 0.4) is 0 Å². The Hall–Kier alpha value is -1.29. The van der Waals surface area contributed by atoms with Crippen LogP contribution in [0.2, 0.25) is 10.0 Å². The van der Waals surface area contributed by atoms with Gasteiger partial charge in [-0.3, -0.25) is 0 Å². The van der Waals surface area contributed by atoms with Crippen LogP contribution >= 0.6 is 23.2 Å². The second-order valence-corrected chi connectivity index (χ2v) is 5.88. The molecule has 0 spiro atoms. The third kappa shape index (κ3) is 3.15. The lowest BCUT2D eigenvalue weighted by molar-refractivity contribution is 0.0991. The zero-order valence-corrected chi connectivity index (χ0v) is 12.7. The van der Waals surface area contributed by atoms with E-state index < -0.39 is 5.82 Å². The van der Waals surface area contributed by atoms with Gasteiger partial charge in [0, 0.05) is 19.0 Å². The Kier molecular flexibility index (Phi) is 4.34. The summed E-state index contributed by atoms with van der Waals surface area (Å²) in [5.74, 6) is 0.447. The average Bonchev–Trinajstić information content (AvgIpc) is 2.41. The third-order valence-corrected chi connectivity index (χ3v) is 4.22. The number of nitrogens with one attached hydrogen (secondary N) is 1. The molecule has 5 heteroatoms. The molecule has 1 aliphatic rings. The molecule has 0 saturated carbocycles. The highest BCUT2D eigenvalue weighted by Gasteiger charge is 2.31. The van der Waals surface area contributed by atoms with E-state index in [-0.39, 0.29) is 17.0 Å². The Labute approximate surface area is 132 Å². The first kappa shape index (κ1) is 14.6. The molecular formula is C16H14Cl2FNO. The largest absolute Gasteiger partial charge is 0.484 e. The maximum absolute atomic E-state index is 13.7. The summed E-state index contributed by atoms with van der Waals surface area (Å²) in [6, 6.07) is 12.1. The van der Waals surface area contributed by atoms with Gasteiger partial charge in [0.2, 0.25) is 0 Å². The summed E-state index contributed by atoms with van der Waals surface area (Å²) < 4.78 is 19.8. The minimum Gasteiger partial charge on any atom is -0.484 e. The molecule has 2 aromatic rings. The highest BCUT2D eigenvalue weighted by molar-refractivity contribution is 6.32. The van der Waals surface area contributed by atoms with E-state index in [0.29, 0.717) is 10.8 Å². The fraction of sp³-hybridized carbons (Fsp3) is 0.250. The van der Waals surface area contributed by atoms with Crippen molar-refractivity contribution in [1.29, 1.82) is 0 Å². The van der Waals surface area contributed by atoms with Crippen LogP contribution in [-0.4, -0.2) is 13.1 Å². The number of halogens is 3. The maximum atomic E-state index is 13.7. The second-order valence-electron chi connectivity index (χ2n) is 5.06. The van der Waals surface area contributed by atoms with Crippen LogP contribution in [0.4, 0.5) is 4.39 Å². The van der Waals surface area contributed by atoms with Crippen molar-refractivity contribution in [2.45, 2.75) is 6.10 Å². The van der Waals surface area contributed by atoms with Crippen molar-refractivity contribution < 1.29 is 9.13 Å². The summed E-state index contributed by atoms with van der Waals surface area (Å²) in [5, 5.41) is 3.86. The highest BCUT2D eigenvalue weighted by Crippen LogP contribution is 2.35. The molecule has 1 saturated heterocycles. The van der Waals surface area contributed by atoms with E-state index >= 15 is 0 Å². The SMILES string of the molecule is Fc1cc([C@H](Oc2ccccc2Cl)C2CNC2)ccc1Cl. The van der Waals surface area contributed by atoms with E-state index in [4.69, 9.17) is 27.9 Å². The van der Waals surface area contributed by atoms with Gasteiger partial charge in [0.05, 0.1) is 10.0 Å². The molecule has 1 N–H and O–H groups in total. The van der Waals surface area contributed by atoms with Crippen LogP contribution in [0.5, 0.6) is 5.75 Å². The van der Waals surface area contributed by atoms with Crippen LogP contribution in [0.1, 0.15) is 11.7 Å². The Bertz CT molecular complexity index is 646. The number of hydrogen-bond donors (Lipinski definition) is 1. The molecule has 0 unspecified atom stereocenters. The maximum Gasteiger partial charge on any atom is 0.142 e. The van der Waals surface area contributed by atoms with Gasteiger partial charge >= 0.3 is 0 Å². The first-order valence-electron chi connectivity index (χ1n) is 6.72. The van der Waals surface area contributed by atoms with Crippen molar-refractivity contribution >= 4 is 23.2 Å². The predicted molar refractivity (Wildman–Crippen MR) is 82.6 cm³/mol. The van der Waals surface area contributed by atoms with Crippen molar-refractivity contribution in [3.63, 3.8) is 0 Å². The molecule has 0 radical (unpaired) electrons. The summed E-state index contributed by atoms with van der Waals surface area (Å²) >= 11 is 11.9. The van der Waals surface area contributed by atoms with Crippen molar-refractivity contribution in [3.05, 3.63) is 63.9 Å². The number of ether oxygens (including phenoxy) is 1. The lowest BCUT2D eigenvalue weighted by atomic mass is 9.90. The van der Waals surface area contributed by atoms with Crippen molar-refractivity contribution in [2.75, 3.05) is 13.1 Å². The van der Waals surface area contributed by atoms with Gasteiger partial charge in [0.15, 0.2) is 0 Å². The van der Waals surface area contributed by atoms with E-state index in [9.17, 15) is 4.39 Å². The van der Waals surface area contributed by atoms with Crippen molar-refractivity contribution in [1.82, 2.24) is 5.32 Å². The molecule has 0 amide bonds. The Balaban J connectivity index is 1.90. The Morgan fingerprint density at radius 2 is 1.86 bits per heavy atom. The van der Waals surface area contributed by atoms with Gasteiger partial charge in [0.1, 0.15) is 17.7 Å². The molecular weight excluding hydrogens is 312 g/mol. The number of rotatable bonds is 4. The van der Waals surface area contributed by atoms with Gasteiger partial charge in [-0.2, -0.15) is 0 Å². The van der Waals surface area contributed by atoms with E-state index in [1.807, 2.05) is 18.2 Å². The molecule has 0 aliphatic carbocycles. The lowest BCUT2D eigenvalue weighted by Crippen LogP contribution is -2.46. The average molecular weight is 326 g/mol. The summed E-state index contributed by atoms with van der Waals surface area (Å²) in [4.78, 5) is 0. The fourth-order valence-corrected chi connectivity index (χ4v) is 2.63. The van der Waals surface area contributed by atoms with Crippen molar-refractivity contribution in [2.24, 2.45) is 5.92 Å². The number of para-hydroxylation sites is 1. The van der Waals surface area contributed by atoms with Crippen LogP contribution in [0.15, 0.2) is 42.5 Å². The topological polar surface area (TPSA) is 21.3 Å². The van der Waals surface area contributed by atoms with Crippen LogP contribution in [-0.2, 0) is 0 Å². The normalized spacial score (nSPS) is 16.3. The Morgan fingerprint density at radius 1 is 1.10 bits per heavy atom. The van der Waals surface area contributed by atoms with Crippen LogP contribution in [0, 0.1) is 11.7 Å². The van der Waals surface area contributed by atoms with E-state index in [0.717, 1.165) is 18.7 Å². The minimum absolute atomic E-state index is 0.113. The number of benzene rings is 2. The summed E-state index contributed by atoms with van der Waals surface area (Å²) in [7, 11) is 0. The fourth-order valence-electron chi connectivity index (χ4n) is 2.33. The van der Waals surface area contributed by atoms with Gasteiger partial charge in [0.25, 0.3) is 0 Å². The molecule has 1 aliphatic heterocycles. The molecule has 1 fully saturated rings. The van der Waals surface area contributed by atoms with Crippen molar-refractivity contribution in [3.8, 4) is 5.75 Å². The van der Waals surface area contributed by atoms with Gasteiger partial charge in [-0.1, -0.05) is 41.4 Å². The predicted octanol–water partition coefficient (Wildman–Crippen LogP) is 4.47. The zero-order valence-electron chi connectivity index (χ0n) is 11.2. The molecule has 0 aromatic heterocycles. The first-order chi connectivity index (χ1) is 10.1. The monoisotopic (exact) mass is 325 g/mol. The second kappa shape index (κ2) is 6.22. The molecule has 1 atom stereocenters. The highest BCUT2D eigenvalue weighted by atomic mass is 35.5. The van der Waals surface area contributed by atoms with Crippen LogP contribution in [0.25, 0.3) is 0 Å². The van der Waals surface area contributed by atoms with Crippen LogP contribution < -0.4 is 10.1 Å². The molecule has 2 nitrogen and oxygen atoms in total. The summed E-state index contributed by atoms with van der Waals surface area (Å²) in [5.41, 5.74) is 0.767. The first-order valence-corrected chi connectivity index (χ1v) is 7.47. The number of hydrogen-bond acceptors (Lipinski definition) is 2. The van der Waals surface area contributed by atoms with E-state index in [1.165, 1.54) is 6.07 Å². The molecule has 21 heavy (non-hydrogen) atoms. The molecule has 110 valence electrons. The van der Waals surface area contributed by atoms with Gasteiger partial charge < -0.3 is 10.1 Å². The standard InChI is InChI=1S/C16H14Cl2FNO/c17-12-6-5-10(7-14(12)19)16(11-8-20-9-11)21-15-4-2-1-3-13(15)18/h1-7,11,16,20H,8-9H2/t16-/m0/s1. The van der Waals surface area contributed by atoms with Gasteiger partial charge in [-0.25, -0.2) is 4.39 Å². The minimum atomic E-state index is -0.436.